The number of nitrogens with zero attached hydrogens (tertiary/aromatic N) is 3. The molecule has 1 N–H and O–H groups in total. The highest BCUT2D eigenvalue weighted by atomic mass is 35.5. The van der Waals surface area contributed by atoms with Crippen molar-refractivity contribution in [1.82, 2.24) is 9.80 Å². The second-order valence-corrected chi connectivity index (χ2v) is 12.9. The number of aryl methyl sites for hydroxylation is 1. The fraction of sp³-hybridized carbons (Fsp3) is 0.424. The number of amides is 2. The number of carboxylic acid groups (broad SMARTS) is 1. The lowest BCUT2D eigenvalue weighted by Gasteiger charge is -2.37. The third kappa shape index (κ3) is 9.16. The Morgan fingerprint density at radius 3 is 2.14 bits per heavy atom. The maximum atomic E-state index is 14.1. The molecule has 3 aromatic rings. The first-order valence-corrected chi connectivity index (χ1v) is 15.4. The van der Waals surface area contributed by atoms with Gasteiger partial charge in [-0.25, -0.2) is 4.79 Å². The molecule has 0 saturated heterocycles. The minimum atomic E-state index is -1.07. The lowest BCUT2D eigenvalue weighted by atomic mass is 9.94. The zero-order valence-corrected chi connectivity index (χ0v) is 27.0. The molecule has 0 spiro atoms. The zero-order chi connectivity index (χ0) is 32.0. The van der Waals surface area contributed by atoms with Crippen LogP contribution in [0.4, 0.5) is 4.79 Å². The second kappa shape index (κ2) is 14.4. The van der Waals surface area contributed by atoms with Gasteiger partial charge in [0, 0.05) is 36.8 Å². The lowest BCUT2D eigenvalue weighted by molar-refractivity contribution is -0.605. The van der Waals surface area contributed by atoms with Crippen molar-refractivity contribution in [1.29, 1.82) is 0 Å². The number of ether oxygens (including phenoxy) is 2. The predicted octanol–water partition coefficient (Wildman–Crippen LogP) is 6.52. The van der Waals surface area contributed by atoms with E-state index in [4.69, 9.17) is 32.7 Å². The summed E-state index contributed by atoms with van der Waals surface area (Å²) in [5.74, 6) is 0.333. The number of carbonyl (C=O) groups excluding carboxylic acids is 1. The van der Waals surface area contributed by atoms with Gasteiger partial charge in [0.2, 0.25) is 5.91 Å². The van der Waals surface area contributed by atoms with E-state index in [-0.39, 0.29) is 31.7 Å². The van der Waals surface area contributed by atoms with Crippen molar-refractivity contribution < 1.29 is 28.9 Å². The quantitative estimate of drug-likeness (QED) is 0.129. The van der Waals surface area contributed by atoms with Crippen LogP contribution in [0.15, 0.2) is 60.9 Å². The molecule has 2 aromatic carbocycles. The Labute approximate surface area is 268 Å². The number of hydrogen-bond donors (Lipinski definition) is 1. The van der Waals surface area contributed by atoms with Gasteiger partial charge in [0.05, 0.1) is 16.0 Å². The van der Waals surface area contributed by atoms with Gasteiger partial charge in [-0.1, -0.05) is 35.3 Å². The average molecular weight is 645 g/mol. The van der Waals surface area contributed by atoms with Crippen LogP contribution in [0.25, 0.3) is 0 Å². The van der Waals surface area contributed by atoms with Gasteiger partial charge in [0.25, 0.3) is 0 Å². The number of pyridine rings is 1. The van der Waals surface area contributed by atoms with Crippen molar-refractivity contribution in [3.8, 4) is 11.5 Å². The fourth-order valence-electron chi connectivity index (χ4n) is 4.98. The number of benzene rings is 2. The molecule has 1 aliphatic carbocycles. The molecule has 44 heavy (non-hydrogen) atoms. The molecule has 1 aromatic heterocycles. The number of carbonyl (C=O) groups is 2. The maximum absolute atomic E-state index is 14.1. The Hall–Kier alpha value is -3.69. The summed E-state index contributed by atoms with van der Waals surface area (Å²) in [6.07, 6.45) is 3.90. The summed E-state index contributed by atoms with van der Waals surface area (Å²) in [6.45, 7) is 8.28. The third-order valence-electron chi connectivity index (χ3n) is 7.43. The van der Waals surface area contributed by atoms with E-state index in [0.717, 1.165) is 29.5 Å². The van der Waals surface area contributed by atoms with Crippen LogP contribution in [-0.2, 0) is 17.8 Å². The molecule has 0 aliphatic heterocycles. The molecular weight excluding hydrogens is 605 g/mol. The van der Waals surface area contributed by atoms with E-state index < -0.39 is 17.6 Å². The predicted molar refractivity (Wildman–Crippen MR) is 169 cm³/mol. The minimum Gasteiger partial charge on any atom is -0.619 e. The van der Waals surface area contributed by atoms with Crippen molar-refractivity contribution in [3.63, 3.8) is 0 Å². The Morgan fingerprint density at radius 1 is 1.00 bits per heavy atom. The van der Waals surface area contributed by atoms with Gasteiger partial charge >= 0.3 is 6.09 Å². The molecule has 0 radical (unpaired) electrons. The van der Waals surface area contributed by atoms with Crippen molar-refractivity contribution in [2.24, 2.45) is 5.92 Å². The first-order valence-electron chi connectivity index (χ1n) is 14.6. The minimum absolute atomic E-state index is 0.0515. The van der Waals surface area contributed by atoms with Gasteiger partial charge in [-0.3, -0.25) is 4.79 Å². The standard InChI is InChI=1S/C33H39Cl2N3O6/c1-22-17-28(34)30(29(35)18-22)44-16-15-43-27-9-5-23(6-10-27)19-25(21-38(32(40)41)33(2,3)4)31(39)37(26-7-8-26)20-24-11-13-36(42)14-12-24/h5-6,9-14,17-18,25-26H,7-8,15-16,19-21H2,1-4H3,(H,40,41). The Kier molecular flexibility index (Phi) is 10.9. The smallest absolute Gasteiger partial charge is 0.407 e. The van der Waals surface area contributed by atoms with Crippen LogP contribution in [0.3, 0.4) is 0 Å². The van der Waals surface area contributed by atoms with E-state index in [1.165, 1.54) is 17.3 Å². The van der Waals surface area contributed by atoms with Crippen LogP contribution in [0, 0.1) is 18.0 Å². The van der Waals surface area contributed by atoms with Crippen LogP contribution >= 0.6 is 23.2 Å². The van der Waals surface area contributed by atoms with Gasteiger partial charge < -0.3 is 29.6 Å². The summed E-state index contributed by atoms with van der Waals surface area (Å²) in [5.41, 5.74) is 1.98. The Morgan fingerprint density at radius 2 is 1.59 bits per heavy atom. The van der Waals surface area contributed by atoms with Crippen molar-refractivity contribution in [3.05, 3.63) is 92.9 Å². The first-order chi connectivity index (χ1) is 20.8. The molecule has 11 heteroatoms. The molecule has 4 rings (SSSR count). The molecule has 1 heterocycles. The van der Waals surface area contributed by atoms with Gasteiger partial charge in [-0.2, -0.15) is 4.73 Å². The van der Waals surface area contributed by atoms with Crippen LogP contribution in [0.2, 0.25) is 10.0 Å². The molecule has 1 saturated carbocycles. The molecule has 1 aliphatic rings. The first kappa shape index (κ1) is 33.2. The van der Waals surface area contributed by atoms with Crippen LogP contribution < -0.4 is 14.2 Å². The Bertz CT molecular complexity index is 1420. The van der Waals surface area contributed by atoms with E-state index >= 15 is 0 Å². The Balaban J connectivity index is 1.44. The van der Waals surface area contributed by atoms with Gasteiger partial charge in [-0.15, -0.1) is 0 Å². The van der Waals surface area contributed by atoms with E-state index in [1.54, 1.807) is 24.3 Å². The summed E-state index contributed by atoms with van der Waals surface area (Å²) < 4.78 is 12.3. The highest BCUT2D eigenvalue weighted by molar-refractivity contribution is 6.37. The molecule has 0 bridgehead atoms. The number of halogens is 2. The third-order valence-corrected chi connectivity index (χ3v) is 8.00. The molecule has 1 atom stereocenters. The number of hydrogen-bond acceptors (Lipinski definition) is 5. The van der Waals surface area contributed by atoms with Crippen molar-refractivity contribution in [2.45, 2.75) is 65.1 Å². The van der Waals surface area contributed by atoms with E-state index in [1.807, 2.05) is 56.9 Å². The second-order valence-electron chi connectivity index (χ2n) is 12.1. The average Bonchev–Trinajstić information content (AvgIpc) is 3.79. The van der Waals surface area contributed by atoms with Gasteiger partial charge in [0.15, 0.2) is 18.1 Å². The van der Waals surface area contributed by atoms with Crippen LogP contribution in [0.1, 0.15) is 50.3 Å². The molecule has 1 fully saturated rings. The summed E-state index contributed by atoms with van der Waals surface area (Å²) in [7, 11) is 0. The maximum Gasteiger partial charge on any atom is 0.407 e. The normalized spacial score (nSPS) is 13.7. The summed E-state index contributed by atoms with van der Waals surface area (Å²) in [4.78, 5) is 29.5. The summed E-state index contributed by atoms with van der Waals surface area (Å²) in [6, 6.07) is 14.5. The van der Waals surface area contributed by atoms with E-state index in [0.29, 0.717) is 39.2 Å². The summed E-state index contributed by atoms with van der Waals surface area (Å²) >= 11 is 12.5. The molecule has 1 unspecified atom stereocenters. The van der Waals surface area contributed by atoms with Gasteiger partial charge in [0.1, 0.15) is 19.0 Å². The van der Waals surface area contributed by atoms with E-state index in [9.17, 15) is 19.9 Å². The summed E-state index contributed by atoms with van der Waals surface area (Å²) in [5, 5.41) is 22.4. The van der Waals surface area contributed by atoms with Crippen LogP contribution in [0.5, 0.6) is 11.5 Å². The van der Waals surface area contributed by atoms with Gasteiger partial charge in [-0.05, 0) is 87.9 Å². The molecule has 9 nitrogen and oxygen atoms in total. The van der Waals surface area contributed by atoms with Crippen LogP contribution in [-0.4, -0.2) is 58.2 Å². The lowest BCUT2D eigenvalue weighted by Crippen LogP contribution is -2.51. The zero-order valence-electron chi connectivity index (χ0n) is 25.5. The van der Waals surface area contributed by atoms with E-state index in [2.05, 4.69) is 0 Å². The molecular formula is C33H39Cl2N3O6. The largest absolute Gasteiger partial charge is 0.619 e. The SMILES string of the molecule is Cc1cc(Cl)c(OCCOc2ccc(CC(CN(C(=O)O)C(C)(C)C)C(=O)N(Cc3cc[n+]([O-])cc3)C3CC3)cc2)c(Cl)c1. The van der Waals surface area contributed by atoms with Crippen molar-refractivity contribution in [2.75, 3.05) is 19.8 Å². The monoisotopic (exact) mass is 643 g/mol. The number of rotatable bonds is 13. The molecule has 2 amide bonds. The highest BCUT2D eigenvalue weighted by Crippen LogP contribution is 2.34. The highest BCUT2D eigenvalue weighted by Gasteiger charge is 2.38. The topological polar surface area (TPSA) is 106 Å². The molecule has 236 valence electrons. The number of aromatic nitrogens is 1. The van der Waals surface area contributed by atoms with Crippen molar-refractivity contribution >= 4 is 35.2 Å². The fourth-order valence-corrected chi connectivity index (χ4v) is 5.68.